The van der Waals surface area contributed by atoms with Crippen molar-refractivity contribution in [1.29, 1.82) is 0 Å². The van der Waals surface area contributed by atoms with Crippen LogP contribution in [0.5, 0.6) is 0 Å². The average Bonchev–Trinajstić information content (AvgIpc) is 2.75. The molecular formula is C17H21N3O2. The SMILES string of the molecule is CCOC(=O)c1c(C2CCC2)nn(-c2ccccc2C)c1N. The van der Waals surface area contributed by atoms with Gasteiger partial charge in [-0.2, -0.15) is 5.10 Å². The van der Waals surface area contributed by atoms with E-state index in [0.29, 0.717) is 23.9 Å². The van der Waals surface area contributed by atoms with E-state index in [-0.39, 0.29) is 5.97 Å². The Hall–Kier alpha value is -2.30. The number of para-hydroxylation sites is 1. The summed E-state index contributed by atoms with van der Waals surface area (Å²) in [5.74, 6) is 0.309. The van der Waals surface area contributed by atoms with E-state index in [1.54, 1.807) is 11.6 Å². The molecule has 1 aromatic carbocycles. The Labute approximate surface area is 130 Å². The third-order valence-corrected chi connectivity index (χ3v) is 4.26. The predicted molar refractivity (Wildman–Crippen MR) is 85.3 cm³/mol. The second-order valence-corrected chi connectivity index (χ2v) is 5.69. The van der Waals surface area contributed by atoms with Crippen LogP contribution >= 0.6 is 0 Å². The molecule has 1 heterocycles. The Morgan fingerprint density at radius 2 is 2.14 bits per heavy atom. The van der Waals surface area contributed by atoms with E-state index in [0.717, 1.165) is 29.8 Å². The van der Waals surface area contributed by atoms with Crippen molar-refractivity contribution in [2.45, 2.75) is 39.0 Å². The number of rotatable bonds is 4. The van der Waals surface area contributed by atoms with Crippen LogP contribution in [-0.4, -0.2) is 22.4 Å². The van der Waals surface area contributed by atoms with Crippen molar-refractivity contribution in [3.63, 3.8) is 0 Å². The van der Waals surface area contributed by atoms with Crippen LogP contribution in [0, 0.1) is 6.92 Å². The minimum atomic E-state index is -0.373. The third-order valence-electron chi connectivity index (χ3n) is 4.26. The number of hydrogen-bond donors (Lipinski definition) is 1. The first-order chi connectivity index (χ1) is 10.6. The van der Waals surface area contributed by atoms with Crippen LogP contribution in [0.15, 0.2) is 24.3 Å². The molecule has 0 unspecified atom stereocenters. The predicted octanol–water partition coefficient (Wildman–Crippen LogP) is 3.21. The van der Waals surface area contributed by atoms with E-state index in [2.05, 4.69) is 5.10 Å². The summed E-state index contributed by atoms with van der Waals surface area (Å²) in [7, 11) is 0. The topological polar surface area (TPSA) is 70.1 Å². The number of carbonyl (C=O) groups is 1. The molecule has 0 amide bonds. The zero-order valence-corrected chi connectivity index (χ0v) is 13.0. The number of carbonyl (C=O) groups excluding carboxylic acids is 1. The minimum Gasteiger partial charge on any atom is -0.462 e. The zero-order valence-electron chi connectivity index (χ0n) is 13.0. The molecule has 0 spiro atoms. The maximum atomic E-state index is 12.3. The molecule has 1 aliphatic rings. The fourth-order valence-corrected chi connectivity index (χ4v) is 2.81. The Morgan fingerprint density at radius 1 is 1.41 bits per heavy atom. The fourth-order valence-electron chi connectivity index (χ4n) is 2.81. The van der Waals surface area contributed by atoms with Gasteiger partial charge in [-0.3, -0.25) is 0 Å². The Morgan fingerprint density at radius 3 is 2.73 bits per heavy atom. The van der Waals surface area contributed by atoms with Crippen molar-refractivity contribution in [3.05, 3.63) is 41.1 Å². The molecule has 5 heteroatoms. The van der Waals surface area contributed by atoms with Gasteiger partial charge in [0.15, 0.2) is 0 Å². The summed E-state index contributed by atoms with van der Waals surface area (Å²) in [6, 6.07) is 7.87. The maximum absolute atomic E-state index is 12.3. The van der Waals surface area contributed by atoms with Crippen molar-refractivity contribution < 1.29 is 9.53 Å². The number of aryl methyl sites for hydroxylation is 1. The number of aromatic nitrogens is 2. The lowest BCUT2D eigenvalue weighted by molar-refractivity contribution is 0.0525. The van der Waals surface area contributed by atoms with Crippen molar-refractivity contribution >= 4 is 11.8 Å². The second kappa shape index (κ2) is 5.83. The van der Waals surface area contributed by atoms with Crippen LogP contribution in [0.1, 0.15) is 53.7 Å². The lowest BCUT2D eigenvalue weighted by Crippen LogP contribution is -2.15. The molecule has 0 saturated heterocycles. The largest absolute Gasteiger partial charge is 0.462 e. The summed E-state index contributed by atoms with van der Waals surface area (Å²) in [6.45, 7) is 4.13. The highest BCUT2D eigenvalue weighted by Gasteiger charge is 2.32. The first-order valence-corrected chi connectivity index (χ1v) is 7.75. The lowest BCUT2D eigenvalue weighted by Gasteiger charge is -2.24. The van der Waals surface area contributed by atoms with Crippen molar-refractivity contribution in [2.75, 3.05) is 12.3 Å². The summed E-state index contributed by atoms with van der Waals surface area (Å²) < 4.78 is 6.85. The molecule has 0 bridgehead atoms. The Balaban J connectivity index is 2.12. The van der Waals surface area contributed by atoms with Gasteiger partial charge in [-0.05, 0) is 38.3 Å². The van der Waals surface area contributed by atoms with Crippen LogP contribution in [-0.2, 0) is 4.74 Å². The maximum Gasteiger partial charge on any atom is 0.343 e. The minimum absolute atomic E-state index is 0.312. The van der Waals surface area contributed by atoms with E-state index >= 15 is 0 Å². The van der Waals surface area contributed by atoms with Gasteiger partial charge in [0.1, 0.15) is 11.4 Å². The second-order valence-electron chi connectivity index (χ2n) is 5.69. The van der Waals surface area contributed by atoms with Gasteiger partial charge in [-0.15, -0.1) is 0 Å². The zero-order chi connectivity index (χ0) is 15.7. The van der Waals surface area contributed by atoms with Crippen LogP contribution < -0.4 is 5.73 Å². The average molecular weight is 299 g/mol. The number of anilines is 1. The number of hydrogen-bond acceptors (Lipinski definition) is 4. The van der Waals surface area contributed by atoms with Gasteiger partial charge in [-0.25, -0.2) is 9.48 Å². The molecule has 0 atom stereocenters. The van der Waals surface area contributed by atoms with Crippen molar-refractivity contribution in [2.24, 2.45) is 0 Å². The molecule has 5 nitrogen and oxygen atoms in total. The summed E-state index contributed by atoms with van der Waals surface area (Å²) in [5, 5.41) is 4.66. The van der Waals surface area contributed by atoms with Crippen molar-refractivity contribution in [1.82, 2.24) is 9.78 Å². The molecule has 0 radical (unpaired) electrons. The lowest BCUT2D eigenvalue weighted by atomic mass is 9.81. The quantitative estimate of drug-likeness (QED) is 0.880. The molecular weight excluding hydrogens is 278 g/mol. The summed E-state index contributed by atoms with van der Waals surface area (Å²) in [5.41, 5.74) is 9.44. The van der Waals surface area contributed by atoms with Gasteiger partial charge < -0.3 is 10.5 Å². The Kier molecular flexibility index (Phi) is 3.88. The van der Waals surface area contributed by atoms with Crippen LogP contribution in [0.4, 0.5) is 5.82 Å². The highest BCUT2D eigenvalue weighted by Crippen LogP contribution is 2.39. The first-order valence-electron chi connectivity index (χ1n) is 7.75. The third kappa shape index (κ3) is 2.36. The standard InChI is InChI=1S/C17H21N3O2/c1-3-22-17(21)14-15(12-8-6-9-12)19-20(16(14)18)13-10-5-4-7-11(13)2/h4-5,7,10,12H,3,6,8-9,18H2,1-2H3. The summed E-state index contributed by atoms with van der Waals surface area (Å²) in [4.78, 5) is 12.3. The van der Waals surface area contributed by atoms with Crippen LogP contribution in [0.3, 0.4) is 0 Å². The highest BCUT2D eigenvalue weighted by molar-refractivity contribution is 5.96. The number of nitrogens with zero attached hydrogens (tertiary/aromatic N) is 2. The van der Waals surface area contributed by atoms with Gasteiger partial charge in [-0.1, -0.05) is 24.6 Å². The summed E-state index contributed by atoms with van der Waals surface area (Å²) in [6.07, 6.45) is 3.28. The van der Waals surface area contributed by atoms with E-state index in [1.807, 2.05) is 31.2 Å². The summed E-state index contributed by atoms with van der Waals surface area (Å²) >= 11 is 0. The molecule has 22 heavy (non-hydrogen) atoms. The Bertz CT molecular complexity index is 702. The number of benzene rings is 1. The van der Waals surface area contributed by atoms with Gasteiger partial charge >= 0.3 is 5.97 Å². The van der Waals surface area contributed by atoms with Gasteiger partial charge in [0.2, 0.25) is 0 Å². The number of esters is 1. The number of nitrogen functional groups attached to an aromatic ring is 1. The fraction of sp³-hybridized carbons (Fsp3) is 0.412. The van der Waals surface area contributed by atoms with Crippen LogP contribution in [0.2, 0.25) is 0 Å². The normalized spacial score (nSPS) is 14.6. The molecule has 1 aliphatic carbocycles. The van der Waals surface area contributed by atoms with E-state index in [1.165, 1.54) is 6.42 Å². The number of ether oxygens (including phenoxy) is 1. The molecule has 1 aromatic heterocycles. The van der Waals surface area contributed by atoms with Gasteiger partial charge in [0, 0.05) is 5.92 Å². The van der Waals surface area contributed by atoms with Gasteiger partial charge in [0.05, 0.1) is 18.0 Å². The number of nitrogens with two attached hydrogens (primary N) is 1. The van der Waals surface area contributed by atoms with Crippen molar-refractivity contribution in [3.8, 4) is 5.69 Å². The smallest absolute Gasteiger partial charge is 0.343 e. The highest BCUT2D eigenvalue weighted by atomic mass is 16.5. The van der Waals surface area contributed by atoms with Crippen LogP contribution in [0.25, 0.3) is 5.69 Å². The molecule has 0 aliphatic heterocycles. The van der Waals surface area contributed by atoms with E-state index in [9.17, 15) is 4.79 Å². The monoisotopic (exact) mass is 299 g/mol. The van der Waals surface area contributed by atoms with E-state index < -0.39 is 0 Å². The van der Waals surface area contributed by atoms with E-state index in [4.69, 9.17) is 10.5 Å². The molecule has 1 saturated carbocycles. The molecule has 2 N–H and O–H groups in total. The van der Waals surface area contributed by atoms with Gasteiger partial charge in [0.25, 0.3) is 0 Å². The molecule has 2 aromatic rings. The molecule has 3 rings (SSSR count). The first kappa shape index (κ1) is 14.6. The molecule has 1 fully saturated rings. The molecule has 116 valence electrons.